The van der Waals surface area contributed by atoms with E-state index in [4.69, 9.17) is 0 Å². The molecule has 2 unspecified atom stereocenters. The number of nitrogens with zero attached hydrogens (tertiary/aromatic N) is 1. The summed E-state index contributed by atoms with van der Waals surface area (Å²) >= 11 is 0. The Morgan fingerprint density at radius 3 is 2.57 bits per heavy atom. The van der Waals surface area contributed by atoms with Gasteiger partial charge in [0, 0.05) is 24.7 Å². The van der Waals surface area contributed by atoms with Crippen LogP contribution >= 0.6 is 0 Å². The van der Waals surface area contributed by atoms with Crippen molar-refractivity contribution in [1.29, 1.82) is 0 Å². The van der Waals surface area contributed by atoms with Crippen molar-refractivity contribution in [3.63, 3.8) is 0 Å². The lowest BCUT2D eigenvalue weighted by Gasteiger charge is -2.22. The molecule has 2 aliphatic heterocycles. The molecule has 2 amide bonds. The molecular weight excluding hydrogens is 316 g/mol. The minimum Gasteiger partial charge on any atom is -0.338 e. The number of sulfone groups is 1. The lowest BCUT2D eigenvalue weighted by atomic mass is 10.1. The molecule has 23 heavy (non-hydrogen) atoms. The van der Waals surface area contributed by atoms with Crippen LogP contribution in [0.5, 0.6) is 0 Å². The monoisotopic (exact) mass is 336 g/mol. The van der Waals surface area contributed by atoms with Gasteiger partial charge in [0.25, 0.3) is 0 Å². The van der Waals surface area contributed by atoms with Crippen LogP contribution in [0, 0.1) is 12.8 Å². The van der Waals surface area contributed by atoms with E-state index in [1.165, 1.54) is 0 Å². The van der Waals surface area contributed by atoms with Gasteiger partial charge < -0.3 is 10.2 Å². The summed E-state index contributed by atoms with van der Waals surface area (Å²) in [5, 5.41) is 2.82. The van der Waals surface area contributed by atoms with Crippen LogP contribution in [0.1, 0.15) is 18.4 Å². The lowest BCUT2D eigenvalue weighted by molar-refractivity contribution is -0.129. The summed E-state index contributed by atoms with van der Waals surface area (Å²) in [4.78, 5) is 26.0. The van der Waals surface area contributed by atoms with Crippen molar-refractivity contribution >= 4 is 27.3 Å². The Morgan fingerprint density at radius 2 is 1.96 bits per heavy atom. The third-order valence-corrected chi connectivity index (χ3v) is 6.25. The van der Waals surface area contributed by atoms with Crippen LogP contribution < -0.4 is 5.32 Å². The fourth-order valence-electron chi connectivity index (χ4n) is 3.16. The first-order valence-electron chi connectivity index (χ1n) is 7.71. The number of hydrogen-bond acceptors (Lipinski definition) is 4. The summed E-state index contributed by atoms with van der Waals surface area (Å²) in [5.41, 5.74) is 1.81. The van der Waals surface area contributed by atoms with Crippen molar-refractivity contribution in [3.8, 4) is 0 Å². The van der Waals surface area contributed by atoms with E-state index in [0.717, 1.165) is 5.56 Å². The van der Waals surface area contributed by atoms with Crippen LogP contribution in [0.4, 0.5) is 5.69 Å². The molecule has 2 saturated heterocycles. The first-order valence-corrected chi connectivity index (χ1v) is 9.53. The molecular formula is C16H20N2O4S. The van der Waals surface area contributed by atoms with Crippen LogP contribution in [0.15, 0.2) is 24.3 Å². The van der Waals surface area contributed by atoms with E-state index >= 15 is 0 Å². The lowest BCUT2D eigenvalue weighted by Crippen LogP contribution is -2.38. The number of amides is 2. The van der Waals surface area contributed by atoms with Crippen molar-refractivity contribution in [3.05, 3.63) is 29.8 Å². The Bertz CT molecular complexity index is 727. The number of rotatable bonds is 3. The highest BCUT2D eigenvalue weighted by atomic mass is 32.2. The molecule has 2 aliphatic rings. The van der Waals surface area contributed by atoms with Crippen molar-refractivity contribution in [2.24, 2.45) is 5.92 Å². The zero-order chi connectivity index (χ0) is 16.6. The highest BCUT2D eigenvalue weighted by Gasteiger charge is 2.41. The molecule has 2 fully saturated rings. The first kappa shape index (κ1) is 16.0. The Labute approximate surface area is 135 Å². The van der Waals surface area contributed by atoms with Gasteiger partial charge in [-0.25, -0.2) is 8.42 Å². The Hall–Kier alpha value is -1.89. The van der Waals surface area contributed by atoms with E-state index in [-0.39, 0.29) is 35.8 Å². The molecule has 2 heterocycles. The minimum atomic E-state index is -3.04. The molecule has 3 rings (SSSR count). The molecule has 1 aromatic carbocycles. The second-order valence-corrected chi connectivity index (χ2v) is 8.59. The quantitative estimate of drug-likeness (QED) is 0.891. The second kappa shape index (κ2) is 5.96. The van der Waals surface area contributed by atoms with E-state index in [2.05, 4.69) is 5.32 Å². The van der Waals surface area contributed by atoms with E-state index in [1.54, 1.807) is 4.90 Å². The zero-order valence-electron chi connectivity index (χ0n) is 13.0. The largest absolute Gasteiger partial charge is 0.338 e. The van der Waals surface area contributed by atoms with E-state index in [0.29, 0.717) is 18.7 Å². The van der Waals surface area contributed by atoms with Gasteiger partial charge in [-0.1, -0.05) is 17.7 Å². The molecule has 1 aromatic rings. The normalized spacial score (nSPS) is 26.5. The summed E-state index contributed by atoms with van der Waals surface area (Å²) in [5.74, 6) is -0.596. The van der Waals surface area contributed by atoms with Gasteiger partial charge in [-0.05, 0) is 25.5 Å². The highest BCUT2D eigenvalue weighted by molar-refractivity contribution is 7.91. The van der Waals surface area contributed by atoms with Gasteiger partial charge in [0.15, 0.2) is 9.84 Å². The molecule has 1 N–H and O–H groups in total. The van der Waals surface area contributed by atoms with Gasteiger partial charge in [-0.2, -0.15) is 0 Å². The van der Waals surface area contributed by atoms with Crippen LogP contribution in [0.2, 0.25) is 0 Å². The van der Waals surface area contributed by atoms with Gasteiger partial charge >= 0.3 is 0 Å². The zero-order valence-corrected chi connectivity index (χ0v) is 13.8. The summed E-state index contributed by atoms with van der Waals surface area (Å²) in [6.07, 6.45) is 0.620. The fraction of sp³-hybridized carbons (Fsp3) is 0.500. The van der Waals surface area contributed by atoms with Crippen LogP contribution in [-0.4, -0.2) is 49.2 Å². The summed E-state index contributed by atoms with van der Waals surface area (Å²) < 4.78 is 23.1. The van der Waals surface area contributed by atoms with Gasteiger partial charge in [-0.15, -0.1) is 0 Å². The number of carbonyl (C=O) groups is 2. The Balaban J connectivity index is 1.63. The first-order chi connectivity index (χ1) is 10.8. The van der Waals surface area contributed by atoms with E-state index < -0.39 is 15.8 Å². The van der Waals surface area contributed by atoms with Gasteiger partial charge in [-0.3, -0.25) is 9.59 Å². The number of nitrogens with one attached hydrogen (secondary N) is 1. The Morgan fingerprint density at radius 1 is 1.26 bits per heavy atom. The van der Waals surface area contributed by atoms with Gasteiger partial charge in [0.05, 0.1) is 17.4 Å². The van der Waals surface area contributed by atoms with Crippen molar-refractivity contribution in [2.45, 2.75) is 25.8 Å². The van der Waals surface area contributed by atoms with E-state index in [9.17, 15) is 18.0 Å². The molecule has 6 nitrogen and oxygen atoms in total. The smallest absolute Gasteiger partial charge is 0.229 e. The molecule has 0 aromatic heterocycles. The summed E-state index contributed by atoms with van der Waals surface area (Å²) in [6.45, 7) is 2.27. The topological polar surface area (TPSA) is 83.6 Å². The minimum absolute atomic E-state index is 0.0189. The third-order valence-electron chi connectivity index (χ3n) is 4.50. The predicted molar refractivity (Wildman–Crippen MR) is 86.7 cm³/mol. The van der Waals surface area contributed by atoms with E-state index in [1.807, 2.05) is 31.2 Å². The maximum absolute atomic E-state index is 12.3. The molecule has 0 bridgehead atoms. The fourth-order valence-corrected chi connectivity index (χ4v) is 4.89. The highest BCUT2D eigenvalue weighted by Crippen LogP contribution is 2.27. The summed E-state index contributed by atoms with van der Waals surface area (Å²) in [7, 11) is -3.04. The molecule has 0 spiro atoms. The average Bonchev–Trinajstić information content (AvgIpc) is 3.04. The number of hydrogen-bond donors (Lipinski definition) is 1. The van der Waals surface area contributed by atoms with Gasteiger partial charge in [0.1, 0.15) is 0 Å². The van der Waals surface area contributed by atoms with Crippen LogP contribution in [0.25, 0.3) is 0 Å². The van der Waals surface area contributed by atoms with Crippen molar-refractivity contribution < 1.29 is 18.0 Å². The standard InChI is InChI=1S/C16H20N2O4S/c1-11-2-4-13(5-3-11)17-16(20)12-8-15(19)18(9-12)14-6-7-23(21,22)10-14/h2-5,12,14H,6-10H2,1H3,(H,17,20). The summed E-state index contributed by atoms with van der Waals surface area (Å²) in [6, 6.07) is 7.19. The van der Waals surface area contributed by atoms with Crippen LogP contribution in [-0.2, 0) is 19.4 Å². The maximum atomic E-state index is 12.3. The van der Waals surface area contributed by atoms with Crippen LogP contribution in [0.3, 0.4) is 0 Å². The van der Waals surface area contributed by atoms with Crippen molar-refractivity contribution in [1.82, 2.24) is 4.90 Å². The number of anilines is 1. The molecule has 124 valence electrons. The number of likely N-dealkylation sites (tertiary alicyclic amines) is 1. The molecule has 2 atom stereocenters. The predicted octanol–water partition coefficient (Wildman–Crippen LogP) is 0.969. The number of carbonyl (C=O) groups excluding carboxylic acids is 2. The van der Waals surface area contributed by atoms with Gasteiger partial charge in [0.2, 0.25) is 11.8 Å². The SMILES string of the molecule is Cc1ccc(NC(=O)C2CC(=O)N(C3CCS(=O)(=O)C3)C2)cc1. The average molecular weight is 336 g/mol. The third kappa shape index (κ3) is 3.55. The Kier molecular flexibility index (Phi) is 4.14. The van der Waals surface area contributed by atoms with Crippen molar-refractivity contribution in [2.75, 3.05) is 23.4 Å². The molecule has 0 saturated carbocycles. The number of benzene rings is 1. The number of aryl methyl sites for hydroxylation is 1. The maximum Gasteiger partial charge on any atom is 0.229 e. The molecule has 0 radical (unpaired) electrons. The molecule has 7 heteroatoms. The molecule has 0 aliphatic carbocycles. The second-order valence-electron chi connectivity index (χ2n) is 6.36.